The highest BCUT2D eigenvalue weighted by Crippen LogP contribution is 2.33. The van der Waals surface area contributed by atoms with E-state index in [9.17, 15) is 0 Å². The van der Waals surface area contributed by atoms with Crippen LogP contribution in [0.15, 0.2) is 30.3 Å². The van der Waals surface area contributed by atoms with Gasteiger partial charge in [-0.3, -0.25) is 0 Å². The maximum atomic E-state index is 3.64. The van der Waals surface area contributed by atoms with Crippen molar-refractivity contribution in [1.29, 1.82) is 0 Å². The Kier molecular flexibility index (Phi) is 4.23. The van der Waals surface area contributed by atoms with Crippen molar-refractivity contribution in [3.05, 3.63) is 30.3 Å². The fraction of sp³-hybridized carbons (Fsp3) is 0.571. The number of nitrogens with one attached hydrogen (secondary N) is 2. The van der Waals surface area contributed by atoms with E-state index in [1.54, 1.807) is 0 Å². The largest absolute Gasteiger partial charge is 0.384 e. The van der Waals surface area contributed by atoms with Gasteiger partial charge in [0.2, 0.25) is 0 Å². The molecule has 1 aromatic carbocycles. The Morgan fingerprint density at radius 3 is 2.56 bits per heavy atom. The second kappa shape index (κ2) is 5.90. The highest BCUT2D eigenvalue weighted by atomic mass is 15.0. The van der Waals surface area contributed by atoms with E-state index < -0.39 is 0 Å². The molecule has 1 aromatic rings. The van der Waals surface area contributed by atoms with Gasteiger partial charge in [0.25, 0.3) is 0 Å². The van der Waals surface area contributed by atoms with Gasteiger partial charge in [-0.25, -0.2) is 0 Å². The summed E-state index contributed by atoms with van der Waals surface area (Å²) in [6.07, 6.45) is 4.12. The van der Waals surface area contributed by atoms with Crippen LogP contribution in [0.1, 0.15) is 26.2 Å². The fourth-order valence-electron chi connectivity index (χ4n) is 2.16. The molecule has 2 nitrogen and oxygen atoms in total. The van der Waals surface area contributed by atoms with Gasteiger partial charge in [0, 0.05) is 24.8 Å². The maximum absolute atomic E-state index is 3.64. The zero-order valence-electron chi connectivity index (χ0n) is 10.1. The summed E-state index contributed by atoms with van der Waals surface area (Å²) in [5, 5.41) is 7.06. The second-order valence-electron chi connectivity index (χ2n) is 4.60. The topological polar surface area (TPSA) is 24.1 Å². The third-order valence-electron chi connectivity index (χ3n) is 3.27. The van der Waals surface area contributed by atoms with Crippen molar-refractivity contribution >= 4 is 5.69 Å². The zero-order valence-corrected chi connectivity index (χ0v) is 10.1. The minimum absolute atomic E-state index is 0.748. The summed E-state index contributed by atoms with van der Waals surface area (Å²) in [7, 11) is 0. The molecule has 0 saturated heterocycles. The standard InChI is InChI=1S/C14H22N2/c1-2-14(12-8-9-12)16-11-10-15-13-6-4-3-5-7-13/h3-7,12,14-16H,2,8-11H2,1H3. The summed E-state index contributed by atoms with van der Waals surface area (Å²) >= 11 is 0. The zero-order chi connectivity index (χ0) is 11.2. The number of anilines is 1. The van der Waals surface area contributed by atoms with Gasteiger partial charge in [0.05, 0.1) is 0 Å². The fourth-order valence-corrected chi connectivity index (χ4v) is 2.16. The lowest BCUT2D eigenvalue weighted by Gasteiger charge is -2.16. The van der Waals surface area contributed by atoms with Gasteiger partial charge < -0.3 is 10.6 Å². The van der Waals surface area contributed by atoms with E-state index in [1.165, 1.54) is 24.9 Å². The minimum Gasteiger partial charge on any atom is -0.384 e. The van der Waals surface area contributed by atoms with Crippen molar-refractivity contribution in [1.82, 2.24) is 5.32 Å². The lowest BCUT2D eigenvalue weighted by molar-refractivity contribution is 0.458. The van der Waals surface area contributed by atoms with Gasteiger partial charge in [-0.1, -0.05) is 25.1 Å². The number of rotatable bonds is 7. The Hall–Kier alpha value is -1.02. The van der Waals surface area contributed by atoms with Crippen LogP contribution in [-0.4, -0.2) is 19.1 Å². The normalized spacial score (nSPS) is 17.1. The summed E-state index contributed by atoms with van der Waals surface area (Å²) in [5.41, 5.74) is 1.21. The van der Waals surface area contributed by atoms with Gasteiger partial charge >= 0.3 is 0 Å². The van der Waals surface area contributed by atoms with E-state index in [2.05, 4.69) is 41.8 Å². The molecule has 16 heavy (non-hydrogen) atoms. The number of hydrogen-bond donors (Lipinski definition) is 2. The third kappa shape index (κ3) is 3.53. The molecular formula is C14H22N2. The summed E-state index contributed by atoms with van der Waals surface area (Å²) in [4.78, 5) is 0. The third-order valence-corrected chi connectivity index (χ3v) is 3.27. The Bertz CT molecular complexity index is 293. The molecule has 1 aliphatic rings. The average Bonchev–Trinajstić information content (AvgIpc) is 3.15. The van der Waals surface area contributed by atoms with Crippen LogP contribution in [0.3, 0.4) is 0 Å². The van der Waals surface area contributed by atoms with Crippen LogP contribution in [0.5, 0.6) is 0 Å². The van der Waals surface area contributed by atoms with E-state index in [0.29, 0.717) is 0 Å². The number of benzene rings is 1. The van der Waals surface area contributed by atoms with Gasteiger partial charge in [-0.05, 0) is 37.3 Å². The molecule has 2 rings (SSSR count). The van der Waals surface area contributed by atoms with E-state index >= 15 is 0 Å². The number of para-hydroxylation sites is 1. The van der Waals surface area contributed by atoms with E-state index in [4.69, 9.17) is 0 Å². The van der Waals surface area contributed by atoms with E-state index in [0.717, 1.165) is 25.0 Å². The summed E-state index contributed by atoms with van der Waals surface area (Å²) in [6, 6.07) is 11.1. The first kappa shape index (κ1) is 11.5. The highest BCUT2D eigenvalue weighted by Gasteiger charge is 2.29. The van der Waals surface area contributed by atoms with Crippen LogP contribution in [0, 0.1) is 5.92 Å². The van der Waals surface area contributed by atoms with Crippen molar-refractivity contribution in [2.24, 2.45) is 5.92 Å². The molecule has 1 atom stereocenters. The minimum atomic E-state index is 0.748. The SMILES string of the molecule is CCC(NCCNc1ccccc1)C1CC1. The Balaban J connectivity index is 1.61. The smallest absolute Gasteiger partial charge is 0.0340 e. The molecule has 2 N–H and O–H groups in total. The van der Waals surface area contributed by atoms with Crippen LogP contribution in [0.25, 0.3) is 0 Å². The van der Waals surface area contributed by atoms with Crippen molar-refractivity contribution in [2.45, 2.75) is 32.2 Å². The molecule has 0 aromatic heterocycles. The Morgan fingerprint density at radius 1 is 1.19 bits per heavy atom. The van der Waals surface area contributed by atoms with Crippen molar-refractivity contribution in [3.63, 3.8) is 0 Å². The van der Waals surface area contributed by atoms with E-state index in [-0.39, 0.29) is 0 Å². The molecule has 0 bridgehead atoms. The molecule has 2 heteroatoms. The summed E-state index contributed by atoms with van der Waals surface area (Å²) in [5.74, 6) is 0.960. The molecule has 1 fully saturated rings. The van der Waals surface area contributed by atoms with Crippen LogP contribution >= 0.6 is 0 Å². The predicted molar refractivity (Wildman–Crippen MR) is 69.7 cm³/mol. The lowest BCUT2D eigenvalue weighted by atomic mass is 10.1. The first-order valence-electron chi connectivity index (χ1n) is 6.42. The molecule has 88 valence electrons. The molecule has 0 spiro atoms. The highest BCUT2D eigenvalue weighted by molar-refractivity contribution is 5.42. The van der Waals surface area contributed by atoms with Crippen molar-refractivity contribution < 1.29 is 0 Å². The second-order valence-corrected chi connectivity index (χ2v) is 4.60. The van der Waals surface area contributed by atoms with Gasteiger partial charge in [-0.15, -0.1) is 0 Å². The number of hydrogen-bond acceptors (Lipinski definition) is 2. The molecule has 1 saturated carbocycles. The predicted octanol–water partition coefficient (Wildman–Crippen LogP) is 2.88. The van der Waals surface area contributed by atoms with Crippen molar-refractivity contribution in [3.8, 4) is 0 Å². The molecular weight excluding hydrogens is 196 g/mol. The molecule has 0 amide bonds. The van der Waals surface area contributed by atoms with Gasteiger partial charge in [0.1, 0.15) is 0 Å². The molecule has 0 aliphatic heterocycles. The molecule has 0 heterocycles. The van der Waals surface area contributed by atoms with Crippen LogP contribution in [-0.2, 0) is 0 Å². The summed E-state index contributed by atoms with van der Waals surface area (Å²) < 4.78 is 0. The Labute approximate surface area is 98.4 Å². The maximum Gasteiger partial charge on any atom is 0.0340 e. The van der Waals surface area contributed by atoms with Crippen LogP contribution in [0.4, 0.5) is 5.69 Å². The summed E-state index contributed by atoms with van der Waals surface area (Å²) in [6.45, 7) is 4.34. The van der Waals surface area contributed by atoms with Crippen molar-refractivity contribution in [2.75, 3.05) is 18.4 Å². The first-order valence-corrected chi connectivity index (χ1v) is 6.42. The van der Waals surface area contributed by atoms with Crippen LogP contribution in [0.2, 0.25) is 0 Å². The quantitative estimate of drug-likeness (QED) is 0.688. The monoisotopic (exact) mass is 218 g/mol. The van der Waals surface area contributed by atoms with Crippen LogP contribution < -0.4 is 10.6 Å². The lowest BCUT2D eigenvalue weighted by Crippen LogP contribution is -2.34. The van der Waals surface area contributed by atoms with Gasteiger partial charge in [-0.2, -0.15) is 0 Å². The first-order chi connectivity index (χ1) is 7.90. The Morgan fingerprint density at radius 2 is 1.94 bits per heavy atom. The molecule has 1 aliphatic carbocycles. The van der Waals surface area contributed by atoms with E-state index in [1.807, 2.05) is 6.07 Å². The van der Waals surface area contributed by atoms with Gasteiger partial charge in [0.15, 0.2) is 0 Å². The molecule has 1 unspecified atom stereocenters. The average molecular weight is 218 g/mol. The molecule has 0 radical (unpaired) electrons.